The van der Waals surface area contributed by atoms with E-state index in [-0.39, 0.29) is 0 Å². The highest BCUT2D eigenvalue weighted by atomic mass is 16.6. The van der Waals surface area contributed by atoms with Crippen LogP contribution >= 0.6 is 0 Å². The fraction of sp³-hybridized carbons (Fsp3) is 0.500. The van der Waals surface area contributed by atoms with Crippen LogP contribution in [0.25, 0.3) is 0 Å². The highest BCUT2D eigenvalue weighted by Crippen LogP contribution is 2.19. The lowest BCUT2D eigenvalue weighted by Crippen LogP contribution is -1.97. The molecule has 1 fully saturated rings. The Morgan fingerprint density at radius 2 is 2.46 bits per heavy atom. The van der Waals surface area contributed by atoms with Gasteiger partial charge in [-0.1, -0.05) is 0 Å². The molecular formula is C10H13NO2. The molecule has 0 radical (unpaired) electrons. The molecule has 0 N–H and O–H groups in total. The molecule has 1 atom stereocenters. The fourth-order valence-electron chi connectivity index (χ4n) is 1.39. The first kappa shape index (κ1) is 8.51. The average Bonchev–Trinajstić information content (AvgIpc) is 2.89. The van der Waals surface area contributed by atoms with E-state index in [2.05, 4.69) is 11.1 Å². The van der Waals surface area contributed by atoms with Crippen LogP contribution in [0.3, 0.4) is 0 Å². The molecule has 1 aliphatic rings. The predicted molar refractivity (Wildman–Crippen MR) is 49.0 cm³/mol. The fourth-order valence-corrected chi connectivity index (χ4v) is 1.39. The van der Waals surface area contributed by atoms with Gasteiger partial charge in [-0.2, -0.15) is 0 Å². The first-order chi connectivity index (χ1) is 6.29. The maximum absolute atomic E-state index is 5.15. The van der Waals surface area contributed by atoms with E-state index in [1.807, 2.05) is 13.1 Å². The molecule has 1 saturated heterocycles. The first-order valence-electron chi connectivity index (χ1n) is 4.40. The third-order valence-corrected chi connectivity index (χ3v) is 2.15. The van der Waals surface area contributed by atoms with Crippen molar-refractivity contribution in [1.29, 1.82) is 0 Å². The van der Waals surface area contributed by atoms with Gasteiger partial charge in [-0.15, -0.1) is 0 Å². The Kier molecular flexibility index (Phi) is 2.19. The van der Waals surface area contributed by atoms with Gasteiger partial charge < -0.3 is 9.47 Å². The summed E-state index contributed by atoms with van der Waals surface area (Å²) < 4.78 is 10.2. The van der Waals surface area contributed by atoms with Crippen molar-refractivity contribution in [3.8, 4) is 5.88 Å². The molecule has 0 bridgehead atoms. The second kappa shape index (κ2) is 3.34. The second-order valence-electron chi connectivity index (χ2n) is 3.33. The molecule has 2 heterocycles. The van der Waals surface area contributed by atoms with E-state index in [1.54, 1.807) is 7.11 Å². The number of pyridine rings is 1. The molecule has 1 unspecified atom stereocenters. The summed E-state index contributed by atoms with van der Waals surface area (Å²) in [6, 6.07) is 2.10. The summed E-state index contributed by atoms with van der Waals surface area (Å²) in [6.07, 6.45) is 3.25. The molecule has 0 saturated carbocycles. The van der Waals surface area contributed by atoms with Crippen molar-refractivity contribution < 1.29 is 9.47 Å². The average molecular weight is 179 g/mol. The molecule has 0 spiro atoms. The Hall–Kier alpha value is -1.09. The quantitative estimate of drug-likeness (QED) is 0.657. The van der Waals surface area contributed by atoms with Crippen molar-refractivity contribution >= 4 is 0 Å². The number of hydrogen-bond donors (Lipinski definition) is 0. The van der Waals surface area contributed by atoms with E-state index >= 15 is 0 Å². The van der Waals surface area contributed by atoms with Gasteiger partial charge in [0.15, 0.2) is 0 Å². The van der Waals surface area contributed by atoms with E-state index in [0.29, 0.717) is 12.0 Å². The number of hydrogen-bond acceptors (Lipinski definition) is 3. The molecule has 1 aromatic rings. The maximum atomic E-state index is 5.15. The monoisotopic (exact) mass is 179 g/mol. The standard InChI is InChI=1S/C10H13NO2/c1-7-3-8(4-9-6-13-9)5-11-10(7)12-2/h3,5,9H,4,6H2,1-2H3. The molecule has 0 amide bonds. The summed E-state index contributed by atoms with van der Waals surface area (Å²) in [5.41, 5.74) is 2.31. The maximum Gasteiger partial charge on any atom is 0.215 e. The zero-order valence-electron chi connectivity index (χ0n) is 7.91. The van der Waals surface area contributed by atoms with Gasteiger partial charge in [0.25, 0.3) is 0 Å². The zero-order chi connectivity index (χ0) is 9.26. The predicted octanol–water partition coefficient (Wildman–Crippen LogP) is 1.34. The van der Waals surface area contributed by atoms with Crippen LogP contribution in [-0.4, -0.2) is 24.8 Å². The van der Waals surface area contributed by atoms with Crippen LogP contribution in [0.15, 0.2) is 12.3 Å². The van der Waals surface area contributed by atoms with Gasteiger partial charge in [-0.05, 0) is 18.6 Å². The molecule has 1 aromatic heterocycles. The first-order valence-corrected chi connectivity index (χ1v) is 4.40. The molecule has 3 nitrogen and oxygen atoms in total. The number of methoxy groups -OCH3 is 1. The van der Waals surface area contributed by atoms with Gasteiger partial charge in [-0.25, -0.2) is 4.98 Å². The number of rotatable bonds is 3. The molecular weight excluding hydrogens is 166 g/mol. The van der Waals surface area contributed by atoms with Crippen LogP contribution in [-0.2, 0) is 11.2 Å². The van der Waals surface area contributed by atoms with Gasteiger partial charge in [0.2, 0.25) is 5.88 Å². The lowest BCUT2D eigenvalue weighted by Gasteiger charge is -2.04. The van der Waals surface area contributed by atoms with Crippen LogP contribution in [0.2, 0.25) is 0 Å². The topological polar surface area (TPSA) is 34.6 Å². The summed E-state index contributed by atoms with van der Waals surface area (Å²) in [7, 11) is 1.64. The van der Waals surface area contributed by atoms with E-state index in [9.17, 15) is 0 Å². The lowest BCUT2D eigenvalue weighted by molar-refractivity contribution is 0.392. The van der Waals surface area contributed by atoms with Crippen molar-refractivity contribution in [2.75, 3.05) is 13.7 Å². The highest BCUT2D eigenvalue weighted by molar-refractivity contribution is 5.29. The minimum absolute atomic E-state index is 0.426. The molecule has 13 heavy (non-hydrogen) atoms. The summed E-state index contributed by atoms with van der Waals surface area (Å²) >= 11 is 0. The van der Waals surface area contributed by atoms with E-state index in [1.165, 1.54) is 5.56 Å². The van der Waals surface area contributed by atoms with Gasteiger partial charge in [0.1, 0.15) is 0 Å². The largest absolute Gasteiger partial charge is 0.481 e. The van der Waals surface area contributed by atoms with Crippen LogP contribution in [0.5, 0.6) is 5.88 Å². The van der Waals surface area contributed by atoms with Crippen LogP contribution in [0, 0.1) is 6.92 Å². The summed E-state index contributed by atoms with van der Waals surface area (Å²) in [6.45, 7) is 2.90. The normalized spacial score (nSPS) is 20.0. The third kappa shape index (κ3) is 1.98. The van der Waals surface area contributed by atoms with Crippen molar-refractivity contribution in [1.82, 2.24) is 4.98 Å². The Balaban J connectivity index is 2.13. The Labute approximate surface area is 77.7 Å². The lowest BCUT2D eigenvalue weighted by atomic mass is 10.1. The number of nitrogens with zero attached hydrogens (tertiary/aromatic N) is 1. The molecule has 70 valence electrons. The smallest absolute Gasteiger partial charge is 0.215 e. The molecule has 0 aromatic carbocycles. The van der Waals surface area contributed by atoms with Crippen LogP contribution in [0.4, 0.5) is 0 Å². The van der Waals surface area contributed by atoms with Gasteiger partial charge in [-0.3, -0.25) is 0 Å². The van der Waals surface area contributed by atoms with Crippen LogP contribution < -0.4 is 4.74 Å². The number of epoxide rings is 1. The molecule has 1 aliphatic heterocycles. The molecule has 2 rings (SSSR count). The summed E-state index contributed by atoms with van der Waals surface area (Å²) in [5, 5.41) is 0. The van der Waals surface area contributed by atoms with E-state index in [4.69, 9.17) is 9.47 Å². The number of aromatic nitrogens is 1. The zero-order valence-corrected chi connectivity index (χ0v) is 7.91. The minimum atomic E-state index is 0.426. The molecule has 3 heteroatoms. The van der Waals surface area contributed by atoms with E-state index in [0.717, 1.165) is 18.6 Å². The third-order valence-electron chi connectivity index (χ3n) is 2.15. The molecule has 0 aliphatic carbocycles. The van der Waals surface area contributed by atoms with Crippen molar-refractivity contribution in [3.63, 3.8) is 0 Å². The van der Waals surface area contributed by atoms with Gasteiger partial charge in [0, 0.05) is 18.2 Å². The number of ether oxygens (including phenoxy) is 2. The van der Waals surface area contributed by atoms with Gasteiger partial charge in [0.05, 0.1) is 19.8 Å². The van der Waals surface area contributed by atoms with Crippen molar-refractivity contribution in [2.24, 2.45) is 0 Å². The van der Waals surface area contributed by atoms with Crippen LogP contribution in [0.1, 0.15) is 11.1 Å². The van der Waals surface area contributed by atoms with Crippen molar-refractivity contribution in [2.45, 2.75) is 19.4 Å². The minimum Gasteiger partial charge on any atom is -0.481 e. The summed E-state index contributed by atoms with van der Waals surface area (Å²) in [4.78, 5) is 4.20. The Morgan fingerprint density at radius 3 is 3.00 bits per heavy atom. The highest BCUT2D eigenvalue weighted by Gasteiger charge is 2.22. The number of aryl methyl sites for hydroxylation is 1. The SMILES string of the molecule is COc1ncc(CC2CO2)cc1C. The Bertz CT molecular complexity index is 308. The summed E-state index contributed by atoms with van der Waals surface area (Å²) in [5.74, 6) is 0.709. The Morgan fingerprint density at radius 1 is 1.69 bits per heavy atom. The van der Waals surface area contributed by atoms with Gasteiger partial charge >= 0.3 is 0 Å². The second-order valence-corrected chi connectivity index (χ2v) is 3.33. The van der Waals surface area contributed by atoms with Crippen molar-refractivity contribution in [3.05, 3.63) is 23.4 Å². The van der Waals surface area contributed by atoms with E-state index < -0.39 is 0 Å².